The lowest BCUT2D eigenvalue weighted by Gasteiger charge is -2.33. The van der Waals surface area contributed by atoms with Gasteiger partial charge in [-0.05, 0) is 31.7 Å². The van der Waals surface area contributed by atoms with E-state index in [1.165, 1.54) is 0 Å². The number of fused-ring (bicyclic) bond motifs is 1. The van der Waals surface area contributed by atoms with Crippen molar-refractivity contribution < 1.29 is 9.53 Å². The summed E-state index contributed by atoms with van der Waals surface area (Å²) in [4.78, 5) is 14.3. The highest BCUT2D eigenvalue weighted by Crippen LogP contribution is 2.22. The van der Waals surface area contributed by atoms with Crippen LogP contribution in [-0.2, 0) is 11.2 Å². The fourth-order valence-electron chi connectivity index (χ4n) is 3.17. The zero-order chi connectivity index (χ0) is 17.1. The second kappa shape index (κ2) is 7.12. The minimum absolute atomic E-state index is 0.120. The molecule has 8 heteroatoms. The summed E-state index contributed by atoms with van der Waals surface area (Å²) in [5.74, 6) is 1.27. The van der Waals surface area contributed by atoms with Gasteiger partial charge in [0.15, 0.2) is 11.5 Å². The van der Waals surface area contributed by atoms with Gasteiger partial charge in [-0.25, -0.2) is 0 Å². The topological polar surface area (TPSA) is 98.6 Å². The van der Waals surface area contributed by atoms with Crippen molar-refractivity contribution in [2.24, 2.45) is 5.73 Å². The molecule has 0 atom stereocenters. The van der Waals surface area contributed by atoms with Gasteiger partial charge in [0.1, 0.15) is 0 Å². The third kappa shape index (κ3) is 3.48. The number of hydrogen-bond donors (Lipinski definition) is 1. The molecule has 3 rings (SSSR count). The summed E-state index contributed by atoms with van der Waals surface area (Å²) in [7, 11) is 3.44. The minimum atomic E-state index is 0.120. The van der Waals surface area contributed by atoms with Crippen LogP contribution in [0.5, 0.6) is 5.88 Å². The van der Waals surface area contributed by atoms with Crippen LogP contribution in [0.4, 0.5) is 0 Å². The van der Waals surface area contributed by atoms with E-state index < -0.39 is 0 Å². The van der Waals surface area contributed by atoms with Crippen molar-refractivity contribution in [3.8, 4) is 5.88 Å². The smallest absolute Gasteiger partial charge is 0.231 e. The molecule has 1 aliphatic rings. The quantitative estimate of drug-likeness (QED) is 0.869. The highest BCUT2D eigenvalue weighted by atomic mass is 16.5. The second-order valence-electron chi connectivity index (χ2n) is 6.34. The zero-order valence-corrected chi connectivity index (χ0v) is 14.2. The van der Waals surface area contributed by atoms with Gasteiger partial charge in [-0.2, -0.15) is 4.52 Å². The molecular weight excluding hydrogens is 308 g/mol. The number of rotatable bonds is 5. The van der Waals surface area contributed by atoms with Gasteiger partial charge in [-0.1, -0.05) is 0 Å². The van der Waals surface area contributed by atoms with Crippen LogP contribution in [0.15, 0.2) is 12.1 Å². The monoisotopic (exact) mass is 332 g/mol. The van der Waals surface area contributed by atoms with Crippen molar-refractivity contribution in [3.63, 3.8) is 0 Å². The number of nitrogens with zero attached hydrogens (tertiary/aromatic N) is 5. The summed E-state index contributed by atoms with van der Waals surface area (Å²) >= 11 is 0. The molecule has 2 N–H and O–H groups in total. The van der Waals surface area contributed by atoms with Gasteiger partial charge in [0.2, 0.25) is 11.8 Å². The molecule has 1 fully saturated rings. The van der Waals surface area contributed by atoms with Gasteiger partial charge in [-0.15, -0.1) is 15.3 Å². The summed E-state index contributed by atoms with van der Waals surface area (Å²) in [6.07, 6.45) is 4.82. The Labute approximate surface area is 141 Å². The molecule has 24 heavy (non-hydrogen) atoms. The molecule has 0 aromatic carbocycles. The molecule has 0 aliphatic heterocycles. The Morgan fingerprint density at radius 2 is 2.08 bits per heavy atom. The first-order valence-corrected chi connectivity index (χ1v) is 8.35. The number of amides is 1. The average Bonchev–Trinajstić information content (AvgIpc) is 3.01. The van der Waals surface area contributed by atoms with Gasteiger partial charge in [0, 0.05) is 38.0 Å². The third-order valence-electron chi connectivity index (χ3n) is 4.76. The maximum Gasteiger partial charge on any atom is 0.231 e. The maximum absolute atomic E-state index is 12.5. The van der Waals surface area contributed by atoms with E-state index >= 15 is 0 Å². The largest absolute Gasteiger partial charge is 0.480 e. The Kier molecular flexibility index (Phi) is 4.94. The molecule has 2 aromatic heterocycles. The number of hydrogen-bond acceptors (Lipinski definition) is 6. The number of nitrogens with two attached hydrogens (primary N) is 1. The van der Waals surface area contributed by atoms with Crippen LogP contribution in [0.1, 0.15) is 37.9 Å². The van der Waals surface area contributed by atoms with E-state index in [0.29, 0.717) is 36.2 Å². The molecular formula is C16H24N6O2. The van der Waals surface area contributed by atoms with Crippen LogP contribution in [-0.4, -0.2) is 56.9 Å². The number of methoxy groups -OCH3 is 1. The molecule has 1 amide bonds. The summed E-state index contributed by atoms with van der Waals surface area (Å²) in [6, 6.07) is 4.11. The summed E-state index contributed by atoms with van der Waals surface area (Å²) in [5, 5.41) is 12.5. The van der Waals surface area contributed by atoms with E-state index in [1.54, 1.807) is 23.8 Å². The van der Waals surface area contributed by atoms with Gasteiger partial charge in [-0.3, -0.25) is 4.79 Å². The van der Waals surface area contributed by atoms with Crippen molar-refractivity contribution in [2.45, 2.75) is 50.6 Å². The Morgan fingerprint density at radius 3 is 2.79 bits per heavy atom. The van der Waals surface area contributed by atoms with Crippen molar-refractivity contribution >= 4 is 11.6 Å². The van der Waals surface area contributed by atoms with Crippen LogP contribution < -0.4 is 10.5 Å². The first-order chi connectivity index (χ1) is 11.6. The molecule has 0 spiro atoms. The van der Waals surface area contributed by atoms with Gasteiger partial charge >= 0.3 is 0 Å². The van der Waals surface area contributed by atoms with Crippen LogP contribution in [0.3, 0.4) is 0 Å². The van der Waals surface area contributed by atoms with E-state index in [1.807, 2.05) is 11.9 Å². The standard InChI is InChI=1S/C16H24N6O2/c1-21(12-5-3-11(17)4-6-12)16(23)10-8-14-19-18-13-7-9-15(24-2)20-22(13)14/h7,9,11-12H,3-6,8,10,17H2,1-2H3. The number of carbonyl (C=O) groups is 1. The summed E-state index contributed by atoms with van der Waals surface area (Å²) in [5.41, 5.74) is 6.58. The van der Waals surface area contributed by atoms with E-state index in [-0.39, 0.29) is 11.9 Å². The maximum atomic E-state index is 12.5. The summed E-state index contributed by atoms with van der Waals surface area (Å²) in [6.45, 7) is 0. The lowest BCUT2D eigenvalue weighted by atomic mass is 9.91. The first kappa shape index (κ1) is 16.6. The fraction of sp³-hybridized carbons (Fsp3) is 0.625. The number of ether oxygens (including phenoxy) is 1. The highest BCUT2D eigenvalue weighted by Gasteiger charge is 2.25. The van der Waals surface area contributed by atoms with Crippen molar-refractivity contribution in [3.05, 3.63) is 18.0 Å². The van der Waals surface area contributed by atoms with E-state index in [2.05, 4.69) is 15.3 Å². The lowest BCUT2D eigenvalue weighted by Crippen LogP contribution is -2.41. The van der Waals surface area contributed by atoms with Crippen molar-refractivity contribution in [1.82, 2.24) is 24.7 Å². The third-order valence-corrected chi connectivity index (χ3v) is 4.76. The Hall–Kier alpha value is -2.22. The summed E-state index contributed by atoms with van der Waals surface area (Å²) < 4.78 is 6.76. The predicted molar refractivity (Wildman–Crippen MR) is 88.7 cm³/mol. The zero-order valence-electron chi connectivity index (χ0n) is 14.2. The molecule has 2 heterocycles. The Balaban J connectivity index is 1.61. The Bertz CT molecular complexity index is 708. The Morgan fingerprint density at radius 1 is 1.33 bits per heavy atom. The molecule has 0 bridgehead atoms. The second-order valence-corrected chi connectivity index (χ2v) is 6.34. The molecule has 2 aromatic rings. The predicted octanol–water partition coefficient (Wildman–Crippen LogP) is 0.794. The van der Waals surface area contributed by atoms with E-state index in [0.717, 1.165) is 25.7 Å². The first-order valence-electron chi connectivity index (χ1n) is 8.35. The number of carbonyl (C=O) groups excluding carboxylic acids is 1. The van der Waals surface area contributed by atoms with Crippen molar-refractivity contribution in [2.75, 3.05) is 14.2 Å². The highest BCUT2D eigenvalue weighted by molar-refractivity contribution is 5.76. The molecule has 1 aliphatic carbocycles. The number of aryl methyl sites for hydroxylation is 1. The normalized spacial score (nSPS) is 21.0. The van der Waals surface area contributed by atoms with Crippen LogP contribution in [0, 0.1) is 0 Å². The SMILES string of the molecule is COc1ccc2nnc(CCC(=O)N(C)C3CCC(N)CC3)n2n1. The lowest BCUT2D eigenvalue weighted by molar-refractivity contribution is -0.132. The molecule has 8 nitrogen and oxygen atoms in total. The van der Waals surface area contributed by atoms with Gasteiger partial charge in [0.05, 0.1) is 7.11 Å². The van der Waals surface area contributed by atoms with Crippen LogP contribution >= 0.6 is 0 Å². The average molecular weight is 332 g/mol. The molecule has 0 unspecified atom stereocenters. The minimum Gasteiger partial charge on any atom is -0.480 e. The van der Waals surface area contributed by atoms with E-state index in [4.69, 9.17) is 10.5 Å². The van der Waals surface area contributed by atoms with Gasteiger partial charge < -0.3 is 15.4 Å². The molecule has 130 valence electrons. The molecule has 0 saturated heterocycles. The van der Waals surface area contributed by atoms with Crippen molar-refractivity contribution in [1.29, 1.82) is 0 Å². The molecule has 0 radical (unpaired) electrons. The van der Waals surface area contributed by atoms with Gasteiger partial charge in [0.25, 0.3) is 0 Å². The van der Waals surface area contributed by atoms with Crippen LogP contribution in [0.25, 0.3) is 5.65 Å². The molecule has 1 saturated carbocycles. The van der Waals surface area contributed by atoms with Crippen LogP contribution in [0.2, 0.25) is 0 Å². The van der Waals surface area contributed by atoms with E-state index in [9.17, 15) is 4.79 Å². The number of aromatic nitrogens is 4. The fourth-order valence-corrected chi connectivity index (χ4v) is 3.17.